The van der Waals surface area contributed by atoms with Crippen molar-refractivity contribution in [2.45, 2.75) is 49.8 Å². The van der Waals surface area contributed by atoms with Crippen LogP contribution in [0.25, 0.3) is 10.8 Å². The van der Waals surface area contributed by atoms with Gasteiger partial charge in [0, 0.05) is 32.2 Å². The molecule has 0 unspecified atom stereocenters. The van der Waals surface area contributed by atoms with E-state index < -0.39 is 10.0 Å². The highest BCUT2D eigenvalue weighted by Gasteiger charge is 2.34. The number of hydrogen-bond donors (Lipinski definition) is 0. The number of rotatable bonds is 3. The fourth-order valence-corrected chi connectivity index (χ4v) is 5.95. The Balaban J connectivity index is 1.46. The Morgan fingerprint density at radius 1 is 0.926 bits per heavy atom. The van der Waals surface area contributed by atoms with E-state index >= 15 is 0 Å². The minimum atomic E-state index is -3.44. The Hall–Kier alpha value is -1.47. The highest BCUT2D eigenvalue weighted by atomic mass is 32.2. The van der Waals surface area contributed by atoms with Crippen LogP contribution in [0.2, 0.25) is 0 Å². The second-order valence-corrected chi connectivity index (χ2v) is 9.79. The summed E-state index contributed by atoms with van der Waals surface area (Å²) in [6.07, 6.45) is 2.25. The van der Waals surface area contributed by atoms with Crippen molar-refractivity contribution in [3.8, 4) is 0 Å². The van der Waals surface area contributed by atoms with Gasteiger partial charge in [0.15, 0.2) is 0 Å². The lowest BCUT2D eigenvalue weighted by Gasteiger charge is -2.43. The predicted molar refractivity (Wildman–Crippen MR) is 107 cm³/mol. The van der Waals surface area contributed by atoms with Crippen molar-refractivity contribution in [1.82, 2.24) is 9.21 Å². The number of sulfonamides is 1. The molecule has 5 nitrogen and oxygen atoms in total. The van der Waals surface area contributed by atoms with Gasteiger partial charge in [-0.15, -0.1) is 0 Å². The number of benzene rings is 2. The van der Waals surface area contributed by atoms with Crippen LogP contribution in [-0.2, 0) is 14.8 Å². The maximum atomic E-state index is 13.1. The van der Waals surface area contributed by atoms with Crippen LogP contribution in [0.1, 0.15) is 26.7 Å². The second-order valence-electron chi connectivity index (χ2n) is 7.86. The number of ether oxygens (including phenoxy) is 1. The fraction of sp³-hybridized carbons (Fsp3) is 0.524. The van der Waals surface area contributed by atoms with Gasteiger partial charge in [-0.2, -0.15) is 4.31 Å². The summed E-state index contributed by atoms with van der Waals surface area (Å²) in [5.74, 6) is 0. The molecule has 0 aromatic heterocycles. The first-order valence-corrected chi connectivity index (χ1v) is 11.3. The zero-order valence-electron chi connectivity index (χ0n) is 16.0. The van der Waals surface area contributed by atoms with Crippen LogP contribution in [0.15, 0.2) is 47.4 Å². The fourth-order valence-electron chi connectivity index (χ4n) is 4.44. The van der Waals surface area contributed by atoms with Crippen LogP contribution in [-0.4, -0.2) is 62.1 Å². The van der Waals surface area contributed by atoms with Crippen LogP contribution in [0.4, 0.5) is 0 Å². The molecule has 0 aliphatic carbocycles. The van der Waals surface area contributed by atoms with Crippen molar-refractivity contribution in [1.29, 1.82) is 0 Å². The highest BCUT2D eigenvalue weighted by molar-refractivity contribution is 7.89. The van der Waals surface area contributed by atoms with E-state index in [9.17, 15) is 8.42 Å². The summed E-state index contributed by atoms with van der Waals surface area (Å²) in [5.41, 5.74) is 0. The molecule has 4 rings (SSSR count). The van der Waals surface area contributed by atoms with E-state index in [1.165, 1.54) is 0 Å². The standard InChI is InChI=1S/C21H28N2O3S/c1-16-14-22(15-17(2)26-16)20-9-11-23(12-10-20)27(24,25)21-8-7-18-5-3-4-6-19(18)13-21/h3-8,13,16-17,20H,9-12,14-15H2,1-2H3/t16-,17-/m0/s1. The lowest BCUT2D eigenvalue weighted by Crippen LogP contribution is -2.53. The Morgan fingerprint density at radius 3 is 2.22 bits per heavy atom. The number of morpholine rings is 1. The Morgan fingerprint density at radius 2 is 1.56 bits per heavy atom. The molecule has 6 heteroatoms. The monoisotopic (exact) mass is 388 g/mol. The maximum Gasteiger partial charge on any atom is 0.243 e. The van der Waals surface area contributed by atoms with Crippen LogP contribution in [0, 0.1) is 0 Å². The number of nitrogens with zero attached hydrogens (tertiary/aromatic N) is 2. The van der Waals surface area contributed by atoms with Crippen molar-refractivity contribution in [3.63, 3.8) is 0 Å². The zero-order valence-corrected chi connectivity index (χ0v) is 16.9. The first-order chi connectivity index (χ1) is 12.9. The average Bonchev–Trinajstić information content (AvgIpc) is 2.67. The second kappa shape index (κ2) is 7.51. The van der Waals surface area contributed by atoms with Gasteiger partial charge in [-0.1, -0.05) is 30.3 Å². The molecule has 2 saturated heterocycles. The molecule has 27 heavy (non-hydrogen) atoms. The smallest absolute Gasteiger partial charge is 0.243 e. The lowest BCUT2D eigenvalue weighted by molar-refractivity contribution is -0.0847. The first kappa shape index (κ1) is 18.9. The van der Waals surface area contributed by atoms with E-state index in [-0.39, 0.29) is 12.2 Å². The van der Waals surface area contributed by atoms with E-state index in [0.717, 1.165) is 36.7 Å². The van der Waals surface area contributed by atoms with Crippen molar-refractivity contribution in [3.05, 3.63) is 42.5 Å². The van der Waals surface area contributed by atoms with Gasteiger partial charge in [-0.05, 0) is 49.6 Å². The van der Waals surface area contributed by atoms with Gasteiger partial charge < -0.3 is 4.74 Å². The molecule has 0 bridgehead atoms. The van der Waals surface area contributed by atoms with Gasteiger partial charge in [0.1, 0.15) is 0 Å². The van der Waals surface area contributed by atoms with Crippen molar-refractivity contribution >= 4 is 20.8 Å². The van der Waals surface area contributed by atoms with Crippen molar-refractivity contribution < 1.29 is 13.2 Å². The molecular formula is C21H28N2O3S. The number of piperidine rings is 1. The quantitative estimate of drug-likeness (QED) is 0.811. The molecule has 2 fully saturated rings. The molecule has 2 aliphatic heterocycles. The van der Waals surface area contributed by atoms with Crippen molar-refractivity contribution in [2.75, 3.05) is 26.2 Å². The molecule has 0 saturated carbocycles. The lowest BCUT2D eigenvalue weighted by atomic mass is 10.0. The molecule has 2 aliphatic rings. The molecular weight excluding hydrogens is 360 g/mol. The summed E-state index contributed by atoms with van der Waals surface area (Å²) in [6, 6.07) is 13.7. The van der Waals surface area contributed by atoms with Gasteiger partial charge >= 0.3 is 0 Å². The van der Waals surface area contributed by atoms with Gasteiger partial charge in [-0.25, -0.2) is 8.42 Å². The van der Waals surface area contributed by atoms with Gasteiger partial charge in [-0.3, -0.25) is 4.90 Å². The third-order valence-corrected chi connectivity index (χ3v) is 7.64. The summed E-state index contributed by atoms with van der Waals surface area (Å²) in [7, 11) is -3.44. The Kier molecular flexibility index (Phi) is 5.25. The minimum Gasteiger partial charge on any atom is -0.373 e. The predicted octanol–water partition coefficient (Wildman–Crippen LogP) is 3.10. The van der Waals surface area contributed by atoms with Gasteiger partial charge in [0.25, 0.3) is 0 Å². The normalized spacial score (nSPS) is 26.4. The Labute approximate surface area is 162 Å². The summed E-state index contributed by atoms with van der Waals surface area (Å²) in [6.45, 7) is 7.27. The number of hydrogen-bond acceptors (Lipinski definition) is 4. The van der Waals surface area contributed by atoms with E-state index in [0.29, 0.717) is 24.0 Å². The van der Waals surface area contributed by atoms with Crippen LogP contribution < -0.4 is 0 Å². The van der Waals surface area contributed by atoms with E-state index in [1.54, 1.807) is 16.4 Å². The molecule has 2 heterocycles. The zero-order chi connectivity index (χ0) is 19.0. The molecule has 0 spiro atoms. The van der Waals surface area contributed by atoms with E-state index in [1.807, 2.05) is 30.3 Å². The van der Waals surface area contributed by atoms with E-state index in [4.69, 9.17) is 4.74 Å². The molecule has 2 aromatic rings. The molecule has 0 amide bonds. The molecule has 0 N–H and O–H groups in total. The SMILES string of the molecule is C[C@H]1CN(C2CCN(S(=O)(=O)c3ccc4ccccc4c3)CC2)C[C@H](C)O1. The van der Waals surface area contributed by atoms with Gasteiger partial charge in [0.2, 0.25) is 10.0 Å². The van der Waals surface area contributed by atoms with Crippen LogP contribution in [0.5, 0.6) is 0 Å². The third-order valence-electron chi connectivity index (χ3n) is 5.75. The number of fused-ring (bicyclic) bond motifs is 1. The third kappa shape index (κ3) is 3.90. The summed E-state index contributed by atoms with van der Waals surface area (Å²) >= 11 is 0. The highest BCUT2D eigenvalue weighted by Crippen LogP contribution is 2.27. The summed E-state index contributed by atoms with van der Waals surface area (Å²) < 4.78 is 33.7. The largest absolute Gasteiger partial charge is 0.373 e. The topological polar surface area (TPSA) is 49.9 Å². The summed E-state index contributed by atoms with van der Waals surface area (Å²) in [5, 5.41) is 2.02. The van der Waals surface area contributed by atoms with Gasteiger partial charge in [0.05, 0.1) is 17.1 Å². The average molecular weight is 389 g/mol. The molecule has 146 valence electrons. The maximum absolute atomic E-state index is 13.1. The van der Waals surface area contributed by atoms with Crippen LogP contribution in [0.3, 0.4) is 0 Å². The minimum absolute atomic E-state index is 0.244. The van der Waals surface area contributed by atoms with Crippen LogP contribution >= 0.6 is 0 Å². The van der Waals surface area contributed by atoms with Crippen molar-refractivity contribution in [2.24, 2.45) is 0 Å². The first-order valence-electron chi connectivity index (χ1n) is 9.82. The summed E-state index contributed by atoms with van der Waals surface area (Å²) in [4.78, 5) is 2.88. The molecule has 2 atom stereocenters. The molecule has 2 aromatic carbocycles. The molecule has 0 radical (unpaired) electrons. The Bertz CT molecular complexity index is 897. The van der Waals surface area contributed by atoms with E-state index in [2.05, 4.69) is 18.7 Å².